The molecule has 1 aliphatic heterocycles. The number of hydrogen-bond donors (Lipinski definition) is 1. The van der Waals surface area contributed by atoms with Crippen LogP contribution < -0.4 is 14.8 Å². The molecule has 9 nitrogen and oxygen atoms in total. The lowest BCUT2D eigenvalue weighted by molar-refractivity contribution is -0.123. The van der Waals surface area contributed by atoms with E-state index in [0.717, 1.165) is 4.90 Å². The number of esters is 1. The molecule has 2 aromatic rings. The third-order valence-electron chi connectivity index (χ3n) is 4.30. The molecule has 0 bridgehead atoms. The minimum Gasteiger partial charge on any atom is -0.490 e. The molecule has 0 aliphatic carbocycles. The number of hydrogen-bond acceptors (Lipinski definition) is 7. The monoisotopic (exact) mass is 502 g/mol. The Morgan fingerprint density at radius 2 is 2.03 bits per heavy atom. The van der Waals surface area contributed by atoms with Crippen molar-refractivity contribution in [2.75, 3.05) is 20.3 Å². The number of amides is 3. The van der Waals surface area contributed by atoms with Gasteiger partial charge in [-0.1, -0.05) is 21.9 Å². The highest BCUT2D eigenvalue weighted by Gasteiger charge is 2.34. The van der Waals surface area contributed by atoms with Crippen molar-refractivity contribution in [1.29, 1.82) is 0 Å². The van der Waals surface area contributed by atoms with Crippen LogP contribution in [0.15, 0.2) is 38.9 Å². The van der Waals surface area contributed by atoms with E-state index in [4.69, 9.17) is 20.3 Å². The summed E-state index contributed by atoms with van der Waals surface area (Å²) in [7, 11) is 1.22. The van der Waals surface area contributed by atoms with E-state index in [1.54, 1.807) is 12.1 Å². The van der Waals surface area contributed by atoms with Crippen molar-refractivity contribution in [2.45, 2.75) is 13.5 Å². The number of methoxy groups -OCH3 is 1. The predicted octanol–water partition coefficient (Wildman–Crippen LogP) is 3.33. The molecule has 1 aromatic carbocycles. The van der Waals surface area contributed by atoms with Crippen LogP contribution in [0.5, 0.6) is 11.5 Å². The van der Waals surface area contributed by atoms with Gasteiger partial charge in [-0.25, -0.2) is 9.59 Å². The van der Waals surface area contributed by atoms with Crippen LogP contribution in [0, 0.1) is 12.3 Å². The van der Waals surface area contributed by atoms with Crippen molar-refractivity contribution in [2.24, 2.45) is 0 Å². The van der Waals surface area contributed by atoms with Gasteiger partial charge in [0.05, 0.1) is 20.3 Å². The van der Waals surface area contributed by atoms with Crippen LogP contribution in [-0.2, 0) is 16.1 Å². The number of halogens is 1. The van der Waals surface area contributed by atoms with Crippen molar-refractivity contribution in [3.8, 4) is 23.8 Å². The second-order valence-electron chi connectivity index (χ2n) is 6.38. The lowest BCUT2D eigenvalue weighted by atomic mass is 10.1. The topological polar surface area (TPSA) is 107 Å². The number of carbonyl (C=O) groups excluding carboxylic acids is 3. The lowest BCUT2D eigenvalue weighted by Gasteiger charge is -2.13. The number of furan rings is 1. The second kappa shape index (κ2) is 10.1. The summed E-state index contributed by atoms with van der Waals surface area (Å²) < 4.78 is 21.6. The molecule has 166 valence electrons. The maximum atomic E-state index is 12.8. The molecule has 0 saturated carbocycles. The van der Waals surface area contributed by atoms with E-state index in [0.29, 0.717) is 28.1 Å². The average molecular weight is 503 g/mol. The fraction of sp³-hybridized carbons (Fsp3) is 0.227. The number of carbonyl (C=O) groups is 3. The molecule has 1 aliphatic rings. The minimum atomic E-state index is -0.654. The van der Waals surface area contributed by atoms with Crippen molar-refractivity contribution in [3.05, 3.63) is 51.5 Å². The summed E-state index contributed by atoms with van der Waals surface area (Å²) in [4.78, 5) is 37.6. The van der Waals surface area contributed by atoms with Gasteiger partial charge in [-0.2, -0.15) is 0 Å². The van der Waals surface area contributed by atoms with E-state index in [2.05, 4.69) is 31.9 Å². The third-order valence-corrected chi connectivity index (χ3v) is 4.98. The Balaban J connectivity index is 1.83. The molecule has 0 atom stereocenters. The van der Waals surface area contributed by atoms with Gasteiger partial charge in [0.15, 0.2) is 11.5 Å². The zero-order valence-electron chi connectivity index (χ0n) is 17.3. The first-order valence-corrected chi connectivity index (χ1v) is 10.2. The number of nitrogens with zero attached hydrogens (tertiary/aromatic N) is 1. The maximum Gasteiger partial charge on any atom is 0.373 e. The molecule has 0 spiro atoms. The van der Waals surface area contributed by atoms with Gasteiger partial charge in [-0.15, -0.1) is 6.42 Å². The molecular formula is C22H19BrN2O7. The normalized spacial score (nSPS) is 14.3. The zero-order valence-corrected chi connectivity index (χ0v) is 18.9. The number of urea groups is 1. The highest BCUT2D eigenvalue weighted by molar-refractivity contribution is 9.10. The van der Waals surface area contributed by atoms with E-state index in [-0.39, 0.29) is 30.4 Å². The minimum absolute atomic E-state index is 0.0233. The van der Waals surface area contributed by atoms with Crippen molar-refractivity contribution < 1.29 is 33.0 Å². The van der Waals surface area contributed by atoms with E-state index < -0.39 is 17.9 Å². The van der Waals surface area contributed by atoms with Gasteiger partial charge in [0.2, 0.25) is 5.76 Å². The Hall–Kier alpha value is -3.71. The third kappa shape index (κ3) is 4.95. The Bertz CT molecular complexity index is 1130. The molecule has 1 fully saturated rings. The van der Waals surface area contributed by atoms with Gasteiger partial charge in [-0.3, -0.25) is 9.69 Å². The summed E-state index contributed by atoms with van der Waals surface area (Å²) in [5.74, 6) is 2.30. The van der Waals surface area contributed by atoms with E-state index in [9.17, 15) is 14.4 Å². The molecule has 2 heterocycles. The summed E-state index contributed by atoms with van der Waals surface area (Å²) in [6.07, 6.45) is 6.76. The van der Waals surface area contributed by atoms with Crippen LogP contribution >= 0.6 is 15.9 Å². The molecule has 1 N–H and O–H groups in total. The van der Waals surface area contributed by atoms with Crippen LogP contribution in [0.4, 0.5) is 4.79 Å². The molecule has 3 rings (SSSR count). The van der Waals surface area contributed by atoms with Gasteiger partial charge < -0.3 is 23.9 Å². The quantitative estimate of drug-likeness (QED) is 0.255. The largest absolute Gasteiger partial charge is 0.490 e. The Morgan fingerprint density at radius 3 is 2.72 bits per heavy atom. The average Bonchev–Trinajstić information content (AvgIpc) is 3.35. The van der Waals surface area contributed by atoms with Gasteiger partial charge in [0, 0.05) is 4.47 Å². The smallest absolute Gasteiger partial charge is 0.373 e. The lowest BCUT2D eigenvalue weighted by Crippen LogP contribution is -2.30. The van der Waals surface area contributed by atoms with E-state index in [1.165, 1.54) is 25.3 Å². The second-order valence-corrected chi connectivity index (χ2v) is 7.24. The first kappa shape index (κ1) is 23.0. The Kier molecular flexibility index (Phi) is 7.22. The standard InChI is InChI=1S/C22H19BrN2O7/c1-4-8-31-19-11-15(23)13(10-18(19)30-5-2)9-16-20(26)25(22(28)24-16)12-14-6-7-17(32-14)21(27)29-3/h1,6-7,9-11H,5,8,12H2,2-3H3,(H,24,28)/b16-9-. The van der Waals surface area contributed by atoms with Gasteiger partial charge in [-0.05, 0) is 42.8 Å². The van der Waals surface area contributed by atoms with Crippen LogP contribution in [0.25, 0.3) is 6.08 Å². The number of terminal acetylenes is 1. The van der Waals surface area contributed by atoms with Gasteiger partial charge in [0.1, 0.15) is 18.1 Å². The molecule has 0 unspecified atom stereocenters. The summed E-state index contributed by atoms with van der Waals surface area (Å²) in [6.45, 7) is 2.14. The van der Waals surface area contributed by atoms with Crippen LogP contribution in [0.3, 0.4) is 0 Å². The van der Waals surface area contributed by atoms with Crippen molar-refractivity contribution in [1.82, 2.24) is 10.2 Å². The number of imide groups is 1. The van der Waals surface area contributed by atoms with Crippen LogP contribution in [0.2, 0.25) is 0 Å². The number of ether oxygens (including phenoxy) is 3. The molecule has 3 amide bonds. The summed E-state index contributed by atoms with van der Waals surface area (Å²) in [6, 6.07) is 5.63. The van der Waals surface area contributed by atoms with Crippen molar-refractivity contribution in [3.63, 3.8) is 0 Å². The van der Waals surface area contributed by atoms with Crippen LogP contribution in [-0.4, -0.2) is 43.1 Å². The molecule has 0 radical (unpaired) electrons. The summed E-state index contributed by atoms with van der Waals surface area (Å²) in [5, 5.41) is 2.54. The Labute approximate surface area is 192 Å². The summed E-state index contributed by atoms with van der Waals surface area (Å²) in [5.41, 5.74) is 0.646. The van der Waals surface area contributed by atoms with Crippen molar-refractivity contribution >= 4 is 39.9 Å². The molecule has 1 saturated heterocycles. The molecule has 10 heteroatoms. The van der Waals surface area contributed by atoms with Gasteiger partial charge in [0.25, 0.3) is 5.91 Å². The maximum absolute atomic E-state index is 12.8. The fourth-order valence-electron chi connectivity index (χ4n) is 2.86. The molecule has 1 aromatic heterocycles. The number of nitrogens with one attached hydrogen (secondary N) is 1. The zero-order chi connectivity index (χ0) is 23.3. The van der Waals surface area contributed by atoms with E-state index in [1.807, 2.05) is 6.92 Å². The highest BCUT2D eigenvalue weighted by Crippen LogP contribution is 2.35. The predicted molar refractivity (Wildman–Crippen MR) is 117 cm³/mol. The Morgan fingerprint density at radius 1 is 1.28 bits per heavy atom. The SMILES string of the molecule is C#CCOc1cc(Br)c(/C=C2\NC(=O)N(Cc3ccc(C(=O)OC)o3)C2=O)cc1OCC. The van der Waals surface area contributed by atoms with E-state index >= 15 is 0 Å². The molecule has 32 heavy (non-hydrogen) atoms. The van der Waals surface area contributed by atoms with Gasteiger partial charge >= 0.3 is 12.0 Å². The summed E-state index contributed by atoms with van der Waals surface area (Å²) >= 11 is 3.43. The highest BCUT2D eigenvalue weighted by atomic mass is 79.9. The number of benzene rings is 1. The first-order valence-electron chi connectivity index (χ1n) is 9.42. The number of rotatable bonds is 8. The molecular weight excluding hydrogens is 484 g/mol. The van der Waals surface area contributed by atoms with Crippen LogP contribution in [0.1, 0.15) is 28.8 Å². The fourth-order valence-corrected chi connectivity index (χ4v) is 3.30. The first-order chi connectivity index (χ1) is 15.4.